The molecule has 12 heteroatoms. The second kappa shape index (κ2) is 9.74. The zero-order valence-corrected chi connectivity index (χ0v) is 19.4. The van der Waals surface area contributed by atoms with Crippen LogP contribution in [0.15, 0.2) is 41.5 Å². The predicted octanol–water partition coefficient (Wildman–Crippen LogP) is 4.43. The number of nitrogens with one attached hydrogen (secondary N) is 3. The number of aryl methyl sites for hydroxylation is 1. The van der Waals surface area contributed by atoms with Crippen molar-refractivity contribution in [1.29, 1.82) is 0 Å². The molecule has 0 radical (unpaired) electrons. The number of hydrogen-bond acceptors (Lipinski definition) is 6. The summed E-state index contributed by atoms with van der Waals surface area (Å²) in [6.45, 7) is 6.14. The van der Waals surface area contributed by atoms with Crippen molar-refractivity contribution in [3.63, 3.8) is 0 Å². The Bertz CT molecular complexity index is 1300. The van der Waals surface area contributed by atoms with E-state index in [1.165, 1.54) is 38.4 Å². The summed E-state index contributed by atoms with van der Waals surface area (Å²) >= 11 is 0. The van der Waals surface area contributed by atoms with Gasteiger partial charge in [0, 0.05) is 17.4 Å². The molecule has 0 bridgehead atoms. The van der Waals surface area contributed by atoms with Gasteiger partial charge in [-0.1, -0.05) is 6.07 Å². The van der Waals surface area contributed by atoms with Crippen molar-refractivity contribution >= 4 is 17.4 Å². The van der Waals surface area contributed by atoms with E-state index in [4.69, 9.17) is 4.74 Å². The number of pyridine rings is 1. The van der Waals surface area contributed by atoms with Crippen molar-refractivity contribution in [2.45, 2.75) is 39.5 Å². The van der Waals surface area contributed by atoms with Crippen molar-refractivity contribution in [2.75, 3.05) is 17.2 Å². The lowest BCUT2D eigenvalue weighted by Crippen LogP contribution is -2.24. The van der Waals surface area contributed by atoms with Crippen LogP contribution in [0.1, 0.15) is 37.6 Å². The van der Waals surface area contributed by atoms with Crippen molar-refractivity contribution < 1.29 is 27.8 Å². The number of hydrogen-bond donors (Lipinski definition) is 4. The van der Waals surface area contributed by atoms with Crippen molar-refractivity contribution in [1.82, 2.24) is 15.0 Å². The fraction of sp³-hybridized carbons (Fsp3) is 0.304. The molecule has 0 aliphatic rings. The Morgan fingerprint density at radius 2 is 1.89 bits per heavy atom. The van der Waals surface area contributed by atoms with E-state index in [9.17, 15) is 27.9 Å². The molecule has 4 N–H and O–H groups in total. The standard InChI is InChI=1S/C23H24F3N5O4/c1-5-35-18-8-13(10-28-20(18)32)19-27-11-17(12(2)29-19)31-21(33)30-14-6-7-15(22(3,4)34)16(9-14)23(24,25)26/h6-11,34H,5H2,1-4H3,(H,28,32)(H2,30,31,33). The zero-order valence-electron chi connectivity index (χ0n) is 19.4. The van der Waals surface area contributed by atoms with Gasteiger partial charge in [0.05, 0.1) is 35.3 Å². The maximum atomic E-state index is 13.5. The van der Waals surface area contributed by atoms with Gasteiger partial charge in [-0.3, -0.25) is 4.79 Å². The van der Waals surface area contributed by atoms with E-state index in [2.05, 4.69) is 25.6 Å². The molecule has 0 aliphatic heterocycles. The van der Waals surface area contributed by atoms with E-state index in [1.54, 1.807) is 13.8 Å². The minimum atomic E-state index is -4.73. The van der Waals surface area contributed by atoms with E-state index in [1.807, 2.05) is 0 Å². The molecule has 2 amide bonds. The molecule has 0 saturated carbocycles. The summed E-state index contributed by atoms with van der Waals surface area (Å²) in [4.78, 5) is 35.2. The quantitative estimate of drug-likeness (QED) is 0.404. The minimum Gasteiger partial charge on any atom is -0.488 e. The molecular weight excluding hydrogens is 467 g/mol. The fourth-order valence-electron chi connectivity index (χ4n) is 3.26. The number of carbonyl (C=O) groups is 1. The van der Waals surface area contributed by atoms with E-state index in [0.29, 0.717) is 17.9 Å². The van der Waals surface area contributed by atoms with Gasteiger partial charge in [-0.15, -0.1) is 0 Å². The highest BCUT2D eigenvalue weighted by Crippen LogP contribution is 2.38. The Kier molecular flexibility index (Phi) is 7.15. The monoisotopic (exact) mass is 491 g/mol. The normalized spacial score (nSPS) is 11.8. The number of amides is 2. The highest BCUT2D eigenvalue weighted by Gasteiger charge is 2.37. The molecule has 0 aliphatic carbocycles. The van der Waals surface area contributed by atoms with Crippen LogP contribution in [0.5, 0.6) is 5.75 Å². The number of nitrogens with zero attached hydrogens (tertiary/aromatic N) is 2. The molecule has 0 atom stereocenters. The number of alkyl halides is 3. The number of urea groups is 1. The lowest BCUT2D eigenvalue weighted by atomic mass is 9.92. The summed E-state index contributed by atoms with van der Waals surface area (Å²) in [5, 5.41) is 14.9. The van der Waals surface area contributed by atoms with Gasteiger partial charge < -0.3 is 25.5 Å². The number of aliphatic hydroxyl groups is 1. The average molecular weight is 491 g/mol. The Morgan fingerprint density at radius 3 is 2.49 bits per heavy atom. The summed E-state index contributed by atoms with van der Waals surface area (Å²) in [5.74, 6) is 0.379. The van der Waals surface area contributed by atoms with Crippen molar-refractivity contribution in [2.24, 2.45) is 0 Å². The Labute approximate surface area is 198 Å². The topological polar surface area (TPSA) is 129 Å². The molecular formula is C23H24F3N5O4. The molecule has 186 valence electrons. The highest BCUT2D eigenvalue weighted by molar-refractivity contribution is 6.00. The minimum absolute atomic E-state index is 0.113. The first-order valence-electron chi connectivity index (χ1n) is 10.5. The number of aromatic nitrogens is 3. The van der Waals surface area contributed by atoms with Crippen LogP contribution in [0, 0.1) is 6.92 Å². The Balaban J connectivity index is 1.79. The van der Waals surface area contributed by atoms with Crippen molar-refractivity contribution in [3.8, 4) is 17.1 Å². The first kappa shape index (κ1) is 25.7. The summed E-state index contributed by atoms with van der Waals surface area (Å²) in [6, 6.07) is 3.82. The van der Waals surface area contributed by atoms with Crippen LogP contribution in [-0.4, -0.2) is 32.7 Å². The maximum absolute atomic E-state index is 13.5. The number of benzene rings is 1. The summed E-state index contributed by atoms with van der Waals surface area (Å²) in [7, 11) is 0. The van der Waals surface area contributed by atoms with E-state index >= 15 is 0 Å². The molecule has 3 aromatic rings. The second-order valence-corrected chi connectivity index (χ2v) is 8.10. The average Bonchev–Trinajstić information content (AvgIpc) is 2.75. The lowest BCUT2D eigenvalue weighted by Gasteiger charge is -2.23. The van der Waals surface area contributed by atoms with Gasteiger partial charge in [-0.25, -0.2) is 14.8 Å². The van der Waals surface area contributed by atoms with E-state index in [-0.39, 0.29) is 28.5 Å². The fourth-order valence-corrected chi connectivity index (χ4v) is 3.26. The molecule has 1 aromatic carbocycles. The Morgan fingerprint density at radius 1 is 1.17 bits per heavy atom. The molecule has 0 spiro atoms. The van der Waals surface area contributed by atoms with Gasteiger partial charge in [0.1, 0.15) is 0 Å². The van der Waals surface area contributed by atoms with Crippen LogP contribution in [0.3, 0.4) is 0 Å². The van der Waals surface area contributed by atoms with Crippen LogP contribution in [0.4, 0.5) is 29.3 Å². The molecule has 2 heterocycles. The maximum Gasteiger partial charge on any atom is 0.416 e. The largest absolute Gasteiger partial charge is 0.488 e. The van der Waals surface area contributed by atoms with E-state index < -0.39 is 28.9 Å². The number of aromatic amines is 1. The predicted molar refractivity (Wildman–Crippen MR) is 123 cm³/mol. The first-order chi connectivity index (χ1) is 16.3. The van der Waals surface area contributed by atoms with Gasteiger partial charge in [0.25, 0.3) is 5.56 Å². The summed E-state index contributed by atoms with van der Waals surface area (Å²) < 4.78 is 45.7. The number of H-pyrrole nitrogens is 1. The third-order valence-electron chi connectivity index (χ3n) is 4.90. The Hall–Kier alpha value is -3.93. The molecule has 3 rings (SSSR count). The van der Waals surface area contributed by atoms with Gasteiger partial charge in [-0.2, -0.15) is 13.2 Å². The van der Waals surface area contributed by atoms with Gasteiger partial charge in [-0.05, 0) is 51.5 Å². The lowest BCUT2D eigenvalue weighted by molar-refractivity contribution is -0.140. The number of halogens is 3. The van der Waals surface area contributed by atoms with E-state index in [0.717, 1.165) is 12.1 Å². The van der Waals surface area contributed by atoms with Crippen LogP contribution < -0.4 is 20.9 Å². The van der Waals surface area contributed by atoms with Crippen LogP contribution >= 0.6 is 0 Å². The highest BCUT2D eigenvalue weighted by atomic mass is 19.4. The number of carbonyl (C=O) groups excluding carboxylic acids is 1. The number of ether oxygens (including phenoxy) is 1. The van der Waals surface area contributed by atoms with Crippen LogP contribution in [0.2, 0.25) is 0 Å². The molecule has 0 unspecified atom stereocenters. The molecule has 35 heavy (non-hydrogen) atoms. The third-order valence-corrected chi connectivity index (χ3v) is 4.90. The summed E-state index contributed by atoms with van der Waals surface area (Å²) in [5.41, 5.74) is -2.52. The van der Waals surface area contributed by atoms with Crippen LogP contribution in [-0.2, 0) is 11.8 Å². The molecule has 0 fully saturated rings. The third kappa shape index (κ3) is 6.15. The number of anilines is 2. The molecule has 2 aromatic heterocycles. The molecule has 0 saturated heterocycles. The first-order valence-corrected chi connectivity index (χ1v) is 10.5. The second-order valence-electron chi connectivity index (χ2n) is 8.10. The van der Waals surface area contributed by atoms with Gasteiger partial charge in [0.2, 0.25) is 0 Å². The van der Waals surface area contributed by atoms with Crippen molar-refractivity contribution in [3.05, 3.63) is 63.8 Å². The van der Waals surface area contributed by atoms with Gasteiger partial charge >= 0.3 is 12.2 Å². The molecule has 9 nitrogen and oxygen atoms in total. The SMILES string of the molecule is CCOc1cc(-c2ncc(NC(=O)Nc3ccc(C(C)(C)O)c(C(F)(F)F)c3)c(C)n2)c[nH]c1=O. The summed E-state index contributed by atoms with van der Waals surface area (Å²) in [6.07, 6.45) is -1.97. The zero-order chi connectivity index (χ0) is 26.0. The van der Waals surface area contributed by atoms with Gasteiger partial charge in [0.15, 0.2) is 11.6 Å². The number of rotatable bonds is 6. The smallest absolute Gasteiger partial charge is 0.416 e. The van der Waals surface area contributed by atoms with Crippen LogP contribution in [0.25, 0.3) is 11.4 Å².